The van der Waals surface area contributed by atoms with Crippen LogP contribution in [0.25, 0.3) is 16.6 Å². The molecule has 0 bridgehead atoms. The van der Waals surface area contributed by atoms with E-state index < -0.39 is 0 Å². The normalized spacial score (nSPS) is 20.8. The minimum atomic E-state index is 0.310. The fraction of sp³-hybridized carbons (Fsp3) is 0.481. The van der Waals surface area contributed by atoms with E-state index in [4.69, 9.17) is 0 Å². The average molecular weight is 429 g/mol. The van der Waals surface area contributed by atoms with Crippen LogP contribution in [0.3, 0.4) is 0 Å². The largest absolute Gasteiger partial charge is 0.366 e. The Labute approximate surface area is 190 Å². The van der Waals surface area contributed by atoms with Crippen LogP contribution in [0.2, 0.25) is 0 Å². The van der Waals surface area contributed by atoms with Crippen LogP contribution in [0.4, 0.5) is 5.69 Å². The number of anilines is 1. The highest BCUT2D eigenvalue weighted by Crippen LogP contribution is 2.41. The maximum atomic E-state index is 12.4. The number of piperazine rings is 1. The van der Waals surface area contributed by atoms with Gasteiger partial charge in [0.25, 0.3) is 0 Å². The molecule has 3 heterocycles. The molecule has 32 heavy (non-hydrogen) atoms. The summed E-state index contributed by atoms with van der Waals surface area (Å²) in [6.45, 7) is 5.81. The first-order chi connectivity index (χ1) is 15.6. The van der Waals surface area contributed by atoms with E-state index in [-0.39, 0.29) is 0 Å². The van der Waals surface area contributed by atoms with Crippen LogP contribution in [0, 0.1) is 5.92 Å². The van der Waals surface area contributed by atoms with E-state index in [0.717, 1.165) is 44.5 Å². The summed E-state index contributed by atoms with van der Waals surface area (Å²) in [4.78, 5) is 16.9. The van der Waals surface area contributed by atoms with E-state index in [1.54, 1.807) is 0 Å². The Hall–Kier alpha value is -2.82. The molecule has 0 radical (unpaired) electrons. The van der Waals surface area contributed by atoms with Crippen LogP contribution < -0.4 is 4.90 Å². The maximum absolute atomic E-state index is 12.4. The molecule has 0 spiro atoms. The third kappa shape index (κ3) is 3.48. The Morgan fingerprint density at radius 2 is 1.69 bits per heavy atom. The maximum Gasteiger partial charge on any atom is 0.225 e. The summed E-state index contributed by atoms with van der Waals surface area (Å²) in [5.74, 6) is 0.675. The molecule has 3 fully saturated rings. The fourth-order valence-corrected chi connectivity index (χ4v) is 5.69. The first kappa shape index (κ1) is 19.8. The predicted octanol–water partition coefficient (Wildman–Crippen LogP) is 4.89. The van der Waals surface area contributed by atoms with Gasteiger partial charge < -0.3 is 9.80 Å². The van der Waals surface area contributed by atoms with Gasteiger partial charge in [0.05, 0.1) is 11.2 Å². The van der Waals surface area contributed by atoms with E-state index >= 15 is 0 Å². The molecule has 0 N–H and O–H groups in total. The molecule has 1 aliphatic heterocycles. The van der Waals surface area contributed by atoms with Crippen molar-refractivity contribution in [3.05, 3.63) is 54.4 Å². The van der Waals surface area contributed by atoms with Crippen molar-refractivity contribution in [3.8, 4) is 11.1 Å². The van der Waals surface area contributed by atoms with Gasteiger partial charge in [-0.15, -0.1) is 0 Å². The summed E-state index contributed by atoms with van der Waals surface area (Å²) in [5, 5.41) is 4.57. The first-order valence-corrected chi connectivity index (χ1v) is 12.2. The smallest absolute Gasteiger partial charge is 0.225 e. The summed E-state index contributed by atoms with van der Waals surface area (Å²) < 4.78 is 2.00. The minimum Gasteiger partial charge on any atom is -0.366 e. The number of nitrogens with zero attached hydrogens (tertiary/aromatic N) is 4. The van der Waals surface area contributed by atoms with Crippen molar-refractivity contribution in [3.63, 3.8) is 0 Å². The Morgan fingerprint density at radius 1 is 0.969 bits per heavy atom. The lowest BCUT2D eigenvalue weighted by Gasteiger charge is -2.36. The van der Waals surface area contributed by atoms with Crippen molar-refractivity contribution in [2.24, 2.45) is 5.92 Å². The second kappa shape index (κ2) is 7.65. The molecule has 2 saturated carbocycles. The molecule has 0 unspecified atom stereocenters. The van der Waals surface area contributed by atoms with E-state index in [9.17, 15) is 4.79 Å². The van der Waals surface area contributed by atoms with E-state index in [0.29, 0.717) is 17.2 Å². The quantitative estimate of drug-likeness (QED) is 0.594. The number of amides is 1. The Kier molecular flexibility index (Phi) is 4.74. The SMILES string of the molecule is CC1(c2ccc(-c3cc4c(N5CCN(C(=O)C6CC6)CC5)ccnn4c3)cc2)CCCC1. The summed E-state index contributed by atoms with van der Waals surface area (Å²) in [6.07, 6.45) is 11.5. The molecule has 1 amide bonds. The lowest BCUT2D eigenvalue weighted by molar-refractivity contribution is -0.132. The molecule has 5 heteroatoms. The molecule has 166 valence electrons. The number of carbonyl (C=O) groups is 1. The topological polar surface area (TPSA) is 40.8 Å². The lowest BCUT2D eigenvalue weighted by atomic mass is 9.80. The van der Waals surface area contributed by atoms with Crippen LogP contribution in [0.1, 0.15) is 51.0 Å². The monoisotopic (exact) mass is 428 g/mol. The molecule has 1 saturated heterocycles. The van der Waals surface area contributed by atoms with Crippen LogP contribution in [0.5, 0.6) is 0 Å². The number of fused-ring (bicyclic) bond motifs is 1. The van der Waals surface area contributed by atoms with E-state index in [2.05, 4.69) is 64.4 Å². The highest BCUT2D eigenvalue weighted by molar-refractivity contribution is 5.82. The van der Waals surface area contributed by atoms with Crippen molar-refractivity contribution in [2.45, 2.75) is 50.9 Å². The highest BCUT2D eigenvalue weighted by Gasteiger charge is 2.35. The molecule has 2 aliphatic carbocycles. The molecule has 3 aliphatic rings. The van der Waals surface area contributed by atoms with Gasteiger partial charge in [-0.3, -0.25) is 4.79 Å². The third-order valence-electron chi connectivity index (χ3n) is 7.97. The zero-order valence-corrected chi connectivity index (χ0v) is 19.0. The molecule has 0 atom stereocenters. The third-order valence-corrected chi connectivity index (χ3v) is 7.97. The van der Waals surface area contributed by atoms with Crippen molar-refractivity contribution < 1.29 is 4.79 Å². The molecular weight excluding hydrogens is 396 g/mol. The number of hydrogen-bond acceptors (Lipinski definition) is 3. The van der Waals surface area contributed by atoms with Crippen molar-refractivity contribution in [1.82, 2.24) is 14.5 Å². The van der Waals surface area contributed by atoms with Gasteiger partial charge in [-0.05, 0) is 54.4 Å². The number of rotatable bonds is 4. The molecule has 1 aromatic carbocycles. The number of carbonyl (C=O) groups excluding carboxylic acids is 1. The molecule has 2 aromatic heterocycles. The zero-order valence-electron chi connectivity index (χ0n) is 19.0. The van der Waals surface area contributed by atoms with Gasteiger partial charge in [0.2, 0.25) is 5.91 Å². The van der Waals surface area contributed by atoms with Gasteiger partial charge in [-0.25, -0.2) is 4.52 Å². The van der Waals surface area contributed by atoms with Crippen molar-refractivity contribution in [1.29, 1.82) is 0 Å². The van der Waals surface area contributed by atoms with Gasteiger partial charge in [-0.1, -0.05) is 44.0 Å². The number of hydrogen-bond donors (Lipinski definition) is 0. The van der Waals surface area contributed by atoms with Gasteiger partial charge in [-0.2, -0.15) is 5.10 Å². The van der Waals surface area contributed by atoms with Gasteiger partial charge in [0, 0.05) is 50.1 Å². The van der Waals surface area contributed by atoms with Gasteiger partial charge in [0.15, 0.2) is 0 Å². The predicted molar refractivity (Wildman–Crippen MR) is 128 cm³/mol. The minimum absolute atomic E-state index is 0.310. The van der Waals surface area contributed by atoms with Crippen LogP contribution >= 0.6 is 0 Å². The first-order valence-electron chi connectivity index (χ1n) is 12.2. The fourth-order valence-electron chi connectivity index (χ4n) is 5.69. The van der Waals surface area contributed by atoms with Crippen molar-refractivity contribution in [2.75, 3.05) is 31.1 Å². The van der Waals surface area contributed by atoms with E-state index in [1.165, 1.54) is 48.1 Å². The number of benzene rings is 1. The van der Waals surface area contributed by atoms with Crippen molar-refractivity contribution >= 4 is 17.1 Å². The molecule has 3 aromatic rings. The summed E-state index contributed by atoms with van der Waals surface area (Å²) in [7, 11) is 0. The summed E-state index contributed by atoms with van der Waals surface area (Å²) in [5.41, 5.74) is 6.61. The second-order valence-corrected chi connectivity index (χ2v) is 10.2. The lowest BCUT2D eigenvalue weighted by Crippen LogP contribution is -2.49. The molecular formula is C27H32N4O. The second-order valence-electron chi connectivity index (χ2n) is 10.2. The average Bonchev–Trinajstić information content (AvgIpc) is 3.43. The summed E-state index contributed by atoms with van der Waals surface area (Å²) in [6, 6.07) is 13.6. The highest BCUT2D eigenvalue weighted by atomic mass is 16.2. The Balaban J connectivity index is 1.23. The number of aromatic nitrogens is 2. The van der Waals surface area contributed by atoms with Crippen LogP contribution in [0.15, 0.2) is 48.8 Å². The van der Waals surface area contributed by atoms with Crippen LogP contribution in [-0.2, 0) is 10.2 Å². The standard InChI is InChI=1S/C27H32N4O/c1-27(11-2-3-12-27)23-8-6-20(7-9-23)22-18-25-24(10-13-28-31(25)19-22)29-14-16-30(17-15-29)26(32)21-4-5-21/h6-10,13,18-19,21H,2-5,11-12,14-17H2,1H3. The zero-order chi connectivity index (χ0) is 21.7. The Morgan fingerprint density at radius 3 is 2.38 bits per heavy atom. The van der Waals surface area contributed by atoms with Gasteiger partial charge >= 0.3 is 0 Å². The van der Waals surface area contributed by atoms with Gasteiger partial charge in [0.1, 0.15) is 0 Å². The molecule has 6 rings (SSSR count). The van der Waals surface area contributed by atoms with E-state index in [1.807, 2.05) is 10.7 Å². The molecule has 5 nitrogen and oxygen atoms in total. The Bertz CT molecular complexity index is 1130. The van der Waals surface area contributed by atoms with Crippen LogP contribution in [-0.4, -0.2) is 46.6 Å². The summed E-state index contributed by atoms with van der Waals surface area (Å²) >= 11 is 0.